The number of halogens is 1. The van der Waals surface area contributed by atoms with Gasteiger partial charge in [-0.3, -0.25) is 4.79 Å². The number of aryl methyl sites for hydroxylation is 1. The first kappa shape index (κ1) is 21.1. The molecule has 3 rings (SSSR count). The summed E-state index contributed by atoms with van der Waals surface area (Å²) in [4.78, 5) is 14.1. The Morgan fingerprint density at radius 1 is 1.07 bits per heavy atom. The zero-order valence-corrected chi connectivity index (χ0v) is 17.2. The summed E-state index contributed by atoms with van der Waals surface area (Å²) in [7, 11) is 0. The second-order valence-corrected chi connectivity index (χ2v) is 7.52. The van der Waals surface area contributed by atoms with Crippen molar-refractivity contribution < 1.29 is 9.90 Å². The van der Waals surface area contributed by atoms with Crippen molar-refractivity contribution in [3.63, 3.8) is 0 Å². The zero-order chi connectivity index (χ0) is 20.6. The van der Waals surface area contributed by atoms with Crippen molar-refractivity contribution in [1.82, 2.24) is 20.2 Å². The molecule has 2 aromatic carbocycles. The largest absolute Gasteiger partial charge is 0.394 e. The van der Waals surface area contributed by atoms with E-state index in [9.17, 15) is 4.79 Å². The number of nitrogens with zero attached hydrogens (tertiary/aromatic N) is 4. The van der Waals surface area contributed by atoms with Crippen LogP contribution in [0.4, 0.5) is 0 Å². The van der Waals surface area contributed by atoms with Crippen LogP contribution in [-0.4, -0.2) is 37.7 Å². The lowest BCUT2D eigenvalue weighted by Crippen LogP contribution is -2.14. The standard InChI is InChI=1S/C22H25ClN4O2/c1-2-16-3-5-17(6-4-16)13-19(22-24-26-27(25-22)11-12-28)15-21(29)14-18-7-9-20(23)10-8-18/h3-10,19,28H,2,11-15H2,1H3/t19-/m1/s1. The quantitative estimate of drug-likeness (QED) is 0.552. The highest BCUT2D eigenvalue weighted by atomic mass is 35.5. The number of tetrazole rings is 1. The van der Waals surface area contributed by atoms with Crippen molar-refractivity contribution >= 4 is 17.4 Å². The van der Waals surface area contributed by atoms with E-state index in [1.807, 2.05) is 12.1 Å². The molecule has 1 atom stereocenters. The Kier molecular flexibility index (Phi) is 7.49. The van der Waals surface area contributed by atoms with Crippen LogP contribution in [0.2, 0.25) is 5.02 Å². The second kappa shape index (κ2) is 10.3. The Bertz CT molecular complexity index is 923. The van der Waals surface area contributed by atoms with E-state index >= 15 is 0 Å². The molecule has 0 unspecified atom stereocenters. The lowest BCUT2D eigenvalue weighted by molar-refractivity contribution is -0.118. The lowest BCUT2D eigenvalue weighted by atomic mass is 9.91. The summed E-state index contributed by atoms with van der Waals surface area (Å²) in [5.41, 5.74) is 3.34. The van der Waals surface area contributed by atoms with Crippen molar-refractivity contribution in [3.8, 4) is 0 Å². The van der Waals surface area contributed by atoms with Crippen LogP contribution >= 0.6 is 11.6 Å². The van der Waals surface area contributed by atoms with Crippen LogP contribution in [0.3, 0.4) is 0 Å². The average molecular weight is 413 g/mol. The third kappa shape index (κ3) is 6.21. The maximum atomic E-state index is 12.7. The molecule has 1 heterocycles. The number of aliphatic hydroxyl groups is 1. The smallest absolute Gasteiger partial charge is 0.178 e. The van der Waals surface area contributed by atoms with Gasteiger partial charge in [-0.05, 0) is 46.9 Å². The molecule has 0 bridgehead atoms. The van der Waals surface area contributed by atoms with Gasteiger partial charge in [0.15, 0.2) is 5.82 Å². The van der Waals surface area contributed by atoms with Gasteiger partial charge >= 0.3 is 0 Å². The van der Waals surface area contributed by atoms with Gasteiger partial charge in [-0.1, -0.05) is 54.9 Å². The molecule has 0 saturated heterocycles. The van der Waals surface area contributed by atoms with Gasteiger partial charge in [0, 0.05) is 23.8 Å². The van der Waals surface area contributed by atoms with Gasteiger partial charge in [-0.2, -0.15) is 4.80 Å². The minimum atomic E-state index is -0.172. The summed E-state index contributed by atoms with van der Waals surface area (Å²) in [6.07, 6.45) is 2.30. The number of carbonyl (C=O) groups is 1. The summed E-state index contributed by atoms with van der Waals surface area (Å²) in [5, 5.41) is 22.2. The molecule has 0 aliphatic heterocycles. The predicted octanol–water partition coefficient (Wildman–Crippen LogP) is 3.41. The molecule has 0 fully saturated rings. The van der Waals surface area contributed by atoms with Crippen LogP contribution in [0.25, 0.3) is 0 Å². The number of rotatable bonds is 10. The maximum absolute atomic E-state index is 12.7. The van der Waals surface area contributed by atoms with Crippen molar-refractivity contribution in [3.05, 3.63) is 76.1 Å². The van der Waals surface area contributed by atoms with E-state index in [-0.39, 0.29) is 24.9 Å². The highest BCUT2D eigenvalue weighted by Crippen LogP contribution is 2.23. The first-order chi connectivity index (χ1) is 14.1. The first-order valence-electron chi connectivity index (χ1n) is 9.80. The van der Waals surface area contributed by atoms with E-state index in [0.29, 0.717) is 30.1 Å². The Morgan fingerprint density at radius 3 is 2.38 bits per heavy atom. The van der Waals surface area contributed by atoms with E-state index in [1.54, 1.807) is 12.1 Å². The molecule has 0 amide bonds. The number of benzene rings is 2. The summed E-state index contributed by atoms with van der Waals surface area (Å²) >= 11 is 5.92. The van der Waals surface area contributed by atoms with Gasteiger partial charge < -0.3 is 5.11 Å². The van der Waals surface area contributed by atoms with Crippen LogP contribution < -0.4 is 0 Å². The Balaban J connectivity index is 1.75. The SMILES string of the molecule is CCc1ccc(C[C@H](CC(=O)Cc2ccc(Cl)cc2)c2nnn(CCO)n2)cc1. The number of Topliss-reactive ketones (excluding diaryl/α,β-unsaturated/α-hetero) is 1. The average Bonchev–Trinajstić information content (AvgIpc) is 3.19. The van der Waals surface area contributed by atoms with Crippen molar-refractivity contribution in [1.29, 1.82) is 0 Å². The second-order valence-electron chi connectivity index (χ2n) is 7.08. The van der Waals surface area contributed by atoms with E-state index in [1.165, 1.54) is 10.4 Å². The molecule has 0 radical (unpaired) electrons. The van der Waals surface area contributed by atoms with Crippen LogP contribution in [0.5, 0.6) is 0 Å². The normalized spacial score (nSPS) is 12.1. The molecule has 0 spiro atoms. The fraction of sp³-hybridized carbons (Fsp3) is 0.364. The molecule has 6 nitrogen and oxygen atoms in total. The van der Waals surface area contributed by atoms with Crippen LogP contribution in [0.15, 0.2) is 48.5 Å². The molecule has 29 heavy (non-hydrogen) atoms. The third-order valence-corrected chi connectivity index (χ3v) is 5.09. The molecule has 0 aliphatic rings. The summed E-state index contributed by atoms with van der Waals surface area (Å²) in [6.45, 7) is 2.34. The van der Waals surface area contributed by atoms with Crippen LogP contribution in [-0.2, 0) is 30.6 Å². The molecule has 152 valence electrons. The molecule has 0 aliphatic carbocycles. The monoisotopic (exact) mass is 412 g/mol. The number of hydrogen-bond donors (Lipinski definition) is 1. The Morgan fingerprint density at radius 2 is 1.72 bits per heavy atom. The van der Waals surface area contributed by atoms with Gasteiger partial charge in [0.05, 0.1) is 13.2 Å². The lowest BCUT2D eigenvalue weighted by Gasteiger charge is -2.13. The summed E-state index contributed by atoms with van der Waals surface area (Å²) in [6, 6.07) is 15.7. The van der Waals surface area contributed by atoms with Crippen molar-refractivity contribution in [2.75, 3.05) is 6.61 Å². The summed E-state index contributed by atoms with van der Waals surface area (Å²) in [5.74, 6) is 0.471. The van der Waals surface area contributed by atoms with E-state index < -0.39 is 0 Å². The summed E-state index contributed by atoms with van der Waals surface area (Å²) < 4.78 is 0. The maximum Gasteiger partial charge on any atom is 0.178 e. The van der Waals surface area contributed by atoms with Gasteiger partial charge in [0.1, 0.15) is 5.78 Å². The van der Waals surface area contributed by atoms with Gasteiger partial charge in [-0.15, -0.1) is 10.2 Å². The highest BCUT2D eigenvalue weighted by Gasteiger charge is 2.22. The molecule has 1 aromatic heterocycles. The van der Waals surface area contributed by atoms with Crippen LogP contribution in [0.1, 0.15) is 41.8 Å². The highest BCUT2D eigenvalue weighted by molar-refractivity contribution is 6.30. The molecule has 7 heteroatoms. The van der Waals surface area contributed by atoms with Crippen LogP contribution in [0, 0.1) is 0 Å². The fourth-order valence-electron chi connectivity index (χ4n) is 3.23. The van der Waals surface area contributed by atoms with E-state index in [2.05, 4.69) is 46.6 Å². The number of ketones is 1. The molecular formula is C22H25ClN4O2. The fourth-order valence-corrected chi connectivity index (χ4v) is 3.36. The van der Waals surface area contributed by atoms with Gasteiger partial charge in [0.2, 0.25) is 0 Å². The van der Waals surface area contributed by atoms with Crippen molar-refractivity contribution in [2.45, 2.75) is 45.1 Å². The molecular weight excluding hydrogens is 388 g/mol. The molecule has 0 saturated carbocycles. The number of carbonyl (C=O) groups excluding carboxylic acids is 1. The number of aromatic nitrogens is 4. The topological polar surface area (TPSA) is 80.9 Å². The van der Waals surface area contributed by atoms with E-state index in [0.717, 1.165) is 17.5 Å². The minimum Gasteiger partial charge on any atom is -0.394 e. The molecule has 1 N–H and O–H groups in total. The Labute approximate surface area is 175 Å². The van der Waals surface area contributed by atoms with Gasteiger partial charge in [-0.25, -0.2) is 0 Å². The predicted molar refractivity (Wildman–Crippen MR) is 112 cm³/mol. The van der Waals surface area contributed by atoms with Gasteiger partial charge in [0.25, 0.3) is 0 Å². The van der Waals surface area contributed by atoms with Crippen molar-refractivity contribution in [2.24, 2.45) is 0 Å². The zero-order valence-electron chi connectivity index (χ0n) is 16.5. The number of aliphatic hydroxyl groups excluding tert-OH is 1. The molecule has 3 aromatic rings. The first-order valence-corrected chi connectivity index (χ1v) is 10.2. The minimum absolute atomic E-state index is 0.0611. The Hall–Kier alpha value is -2.57. The van der Waals surface area contributed by atoms with E-state index in [4.69, 9.17) is 16.7 Å². The third-order valence-electron chi connectivity index (χ3n) is 4.84. The number of hydrogen-bond acceptors (Lipinski definition) is 5.